The molecule has 2 amide bonds. The van der Waals surface area contributed by atoms with Crippen molar-refractivity contribution in [1.29, 1.82) is 0 Å². The summed E-state index contributed by atoms with van der Waals surface area (Å²) >= 11 is 0. The molecule has 6 rings (SSSR count). The average molecular weight is 398 g/mol. The van der Waals surface area contributed by atoms with Crippen molar-refractivity contribution < 1.29 is 14.1 Å². The molecule has 2 heterocycles. The summed E-state index contributed by atoms with van der Waals surface area (Å²) < 4.78 is 5.18. The van der Waals surface area contributed by atoms with Gasteiger partial charge in [0.25, 0.3) is 5.91 Å². The molecule has 1 aromatic rings. The maximum Gasteiger partial charge on any atom is 0.259 e. The van der Waals surface area contributed by atoms with Gasteiger partial charge in [0.2, 0.25) is 5.91 Å². The molecule has 0 radical (unpaired) electrons. The van der Waals surface area contributed by atoms with Crippen LogP contribution in [-0.2, 0) is 11.2 Å². The minimum atomic E-state index is -0.0493. The van der Waals surface area contributed by atoms with Gasteiger partial charge in [-0.05, 0) is 69.1 Å². The fraction of sp³-hybridized carbons (Fsp3) is 0.696. The van der Waals surface area contributed by atoms with E-state index in [0.717, 1.165) is 18.3 Å². The summed E-state index contributed by atoms with van der Waals surface area (Å²) in [4.78, 5) is 27.5. The Morgan fingerprint density at radius 1 is 1.17 bits per heavy atom. The van der Waals surface area contributed by atoms with Gasteiger partial charge in [-0.2, -0.15) is 0 Å². The van der Waals surface area contributed by atoms with Gasteiger partial charge in [-0.15, -0.1) is 0 Å². The Balaban J connectivity index is 1.23. The van der Waals surface area contributed by atoms with Gasteiger partial charge in [0.15, 0.2) is 0 Å². The first-order chi connectivity index (χ1) is 14.0. The number of carbonyl (C=O) groups excluding carboxylic acids is 2. The van der Waals surface area contributed by atoms with E-state index in [9.17, 15) is 9.59 Å². The molecule has 29 heavy (non-hydrogen) atoms. The molecule has 2 unspecified atom stereocenters. The number of allylic oxidation sites excluding steroid dienone is 1. The Bertz CT molecular complexity index is 812. The zero-order chi connectivity index (χ0) is 20.1. The number of amides is 2. The lowest BCUT2D eigenvalue weighted by Crippen LogP contribution is -2.42. The molecule has 0 aromatic carbocycles. The molecule has 5 aliphatic rings. The van der Waals surface area contributed by atoms with Crippen LogP contribution in [0.25, 0.3) is 0 Å². The van der Waals surface area contributed by atoms with Crippen LogP contribution in [0.3, 0.4) is 0 Å². The van der Waals surface area contributed by atoms with Crippen LogP contribution in [0.5, 0.6) is 0 Å². The molecule has 1 saturated heterocycles. The van der Waals surface area contributed by atoms with E-state index in [0.29, 0.717) is 36.1 Å². The van der Waals surface area contributed by atoms with Crippen LogP contribution >= 0.6 is 0 Å². The van der Waals surface area contributed by atoms with Crippen molar-refractivity contribution >= 4 is 11.8 Å². The lowest BCUT2D eigenvalue weighted by molar-refractivity contribution is -0.117. The highest BCUT2D eigenvalue weighted by Gasteiger charge is 2.45. The van der Waals surface area contributed by atoms with E-state index in [4.69, 9.17) is 4.52 Å². The molecule has 0 spiro atoms. The second-order valence-electron chi connectivity index (χ2n) is 9.71. The molecule has 5 fully saturated rings. The summed E-state index contributed by atoms with van der Waals surface area (Å²) in [5, 5.41) is 6.96. The van der Waals surface area contributed by atoms with Gasteiger partial charge in [-0.3, -0.25) is 9.59 Å². The molecule has 156 valence electrons. The van der Waals surface area contributed by atoms with Crippen molar-refractivity contribution in [3.05, 3.63) is 29.2 Å². The number of aryl methyl sites for hydroxylation is 1. The summed E-state index contributed by atoms with van der Waals surface area (Å²) in [6.45, 7) is 4.53. The van der Waals surface area contributed by atoms with E-state index in [-0.39, 0.29) is 23.9 Å². The second kappa shape index (κ2) is 7.29. The number of nitrogens with zero attached hydrogens (tertiary/aromatic N) is 2. The van der Waals surface area contributed by atoms with Gasteiger partial charge in [-0.25, -0.2) is 0 Å². The Morgan fingerprint density at radius 3 is 2.52 bits per heavy atom. The lowest BCUT2D eigenvalue weighted by Gasteiger charge is -2.51. The SMILES string of the molecule is CCc1oncc1C(=O)N1CC(NC(=O)C=C2C3CC4CC(C3)CC2C4)CC1C. The van der Waals surface area contributed by atoms with E-state index in [1.165, 1.54) is 43.9 Å². The van der Waals surface area contributed by atoms with Crippen LogP contribution in [-0.4, -0.2) is 40.5 Å². The summed E-state index contributed by atoms with van der Waals surface area (Å²) in [5.41, 5.74) is 1.95. The number of hydrogen-bond acceptors (Lipinski definition) is 4. The Labute approximate surface area is 172 Å². The van der Waals surface area contributed by atoms with Crippen molar-refractivity contribution in [2.24, 2.45) is 23.7 Å². The van der Waals surface area contributed by atoms with Gasteiger partial charge in [-0.1, -0.05) is 17.7 Å². The van der Waals surface area contributed by atoms with Gasteiger partial charge in [0.1, 0.15) is 11.3 Å². The van der Waals surface area contributed by atoms with Crippen molar-refractivity contribution in [3.8, 4) is 0 Å². The molecular weight excluding hydrogens is 366 g/mol. The van der Waals surface area contributed by atoms with E-state index in [2.05, 4.69) is 10.5 Å². The van der Waals surface area contributed by atoms with Crippen LogP contribution in [0.2, 0.25) is 0 Å². The zero-order valence-corrected chi connectivity index (χ0v) is 17.4. The molecule has 1 aromatic heterocycles. The largest absolute Gasteiger partial charge is 0.361 e. The van der Waals surface area contributed by atoms with E-state index in [1.807, 2.05) is 24.8 Å². The zero-order valence-electron chi connectivity index (χ0n) is 17.4. The van der Waals surface area contributed by atoms with E-state index >= 15 is 0 Å². The first-order valence-electron chi connectivity index (χ1n) is 11.3. The molecule has 4 aliphatic carbocycles. The fourth-order valence-electron chi connectivity index (χ4n) is 6.62. The topological polar surface area (TPSA) is 75.4 Å². The first kappa shape index (κ1) is 18.9. The normalized spacial score (nSPS) is 35.2. The van der Waals surface area contributed by atoms with Crippen molar-refractivity contribution in [3.63, 3.8) is 0 Å². The maximum atomic E-state index is 12.9. The Morgan fingerprint density at radius 2 is 1.86 bits per heavy atom. The summed E-state index contributed by atoms with van der Waals surface area (Å²) in [5.74, 6) is 3.68. The Hall–Kier alpha value is -2.11. The summed E-state index contributed by atoms with van der Waals surface area (Å²) in [7, 11) is 0. The third-order valence-electron chi connectivity index (χ3n) is 7.76. The molecule has 6 nitrogen and oxygen atoms in total. The predicted octanol–water partition coefficient (Wildman–Crippen LogP) is 3.34. The number of rotatable bonds is 4. The van der Waals surface area contributed by atoms with Crippen LogP contribution in [0.1, 0.15) is 68.5 Å². The van der Waals surface area contributed by atoms with Crippen LogP contribution in [0.4, 0.5) is 0 Å². The minimum Gasteiger partial charge on any atom is -0.361 e. The molecule has 2 atom stereocenters. The minimum absolute atomic E-state index is 0.0000654. The molecular formula is C23H31N3O3. The molecule has 1 N–H and O–H groups in total. The third-order valence-corrected chi connectivity index (χ3v) is 7.76. The predicted molar refractivity (Wildman–Crippen MR) is 108 cm³/mol. The highest BCUT2D eigenvalue weighted by atomic mass is 16.5. The van der Waals surface area contributed by atoms with E-state index in [1.54, 1.807) is 0 Å². The van der Waals surface area contributed by atoms with Crippen LogP contribution < -0.4 is 5.32 Å². The monoisotopic (exact) mass is 397 g/mol. The second-order valence-corrected chi connectivity index (χ2v) is 9.71. The molecule has 6 heteroatoms. The quantitative estimate of drug-likeness (QED) is 0.791. The maximum absolute atomic E-state index is 12.9. The number of carbonyl (C=O) groups is 2. The van der Waals surface area contributed by atoms with Gasteiger partial charge < -0.3 is 14.7 Å². The standard InChI is InChI=1S/C23H31N3O3/c1-3-21-20(11-24-29-21)23(28)26-12-18(4-13(26)2)25-22(27)10-19-16-6-14-5-15(8-16)9-17(19)7-14/h10-11,13-18H,3-9,12H2,1-2H3,(H,25,27). The number of hydrogen-bond donors (Lipinski definition) is 1. The molecule has 1 aliphatic heterocycles. The smallest absolute Gasteiger partial charge is 0.259 e. The van der Waals surface area contributed by atoms with Gasteiger partial charge in [0.05, 0.1) is 6.20 Å². The number of nitrogens with one attached hydrogen (secondary N) is 1. The summed E-state index contributed by atoms with van der Waals surface area (Å²) in [6, 6.07) is 0.0845. The van der Waals surface area contributed by atoms with Gasteiger partial charge in [0, 0.05) is 31.1 Å². The van der Waals surface area contributed by atoms with Crippen molar-refractivity contribution in [2.75, 3.05) is 6.54 Å². The van der Waals surface area contributed by atoms with Crippen LogP contribution in [0.15, 0.2) is 22.4 Å². The molecule has 4 bridgehead atoms. The number of likely N-dealkylation sites (tertiary alicyclic amines) is 1. The lowest BCUT2D eigenvalue weighted by atomic mass is 9.54. The average Bonchev–Trinajstić information content (AvgIpc) is 3.30. The van der Waals surface area contributed by atoms with E-state index < -0.39 is 0 Å². The van der Waals surface area contributed by atoms with Crippen molar-refractivity contribution in [2.45, 2.75) is 70.9 Å². The van der Waals surface area contributed by atoms with Gasteiger partial charge >= 0.3 is 0 Å². The number of aromatic nitrogens is 1. The highest BCUT2D eigenvalue weighted by molar-refractivity contribution is 5.95. The third kappa shape index (κ3) is 3.40. The highest BCUT2D eigenvalue weighted by Crippen LogP contribution is 2.56. The van der Waals surface area contributed by atoms with Crippen LogP contribution in [0, 0.1) is 23.7 Å². The Kier molecular flexibility index (Phi) is 4.75. The summed E-state index contributed by atoms with van der Waals surface area (Å²) in [6.07, 6.45) is 11.4. The first-order valence-corrected chi connectivity index (χ1v) is 11.3. The fourth-order valence-corrected chi connectivity index (χ4v) is 6.62. The van der Waals surface area contributed by atoms with Crippen molar-refractivity contribution in [1.82, 2.24) is 15.4 Å². The molecule has 4 saturated carbocycles.